The topological polar surface area (TPSA) is 152 Å². The van der Waals surface area contributed by atoms with Gasteiger partial charge in [0.05, 0.1) is 19.6 Å². The summed E-state index contributed by atoms with van der Waals surface area (Å²) in [6.07, 6.45) is 1.33. The lowest BCUT2D eigenvalue weighted by Crippen LogP contribution is -2.35. The number of hydrazine groups is 1. The second-order valence-corrected chi connectivity index (χ2v) is 2.99. The Morgan fingerprint density at radius 3 is 2.76 bits per heavy atom. The quantitative estimate of drug-likeness (QED) is 0.217. The second-order valence-electron chi connectivity index (χ2n) is 2.99. The molecule has 1 heterocycles. The van der Waals surface area contributed by atoms with Gasteiger partial charge in [0, 0.05) is 6.54 Å². The summed E-state index contributed by atoms with van der Waals surface area (Å²) in [4.78, 5) is 11.8. The number of aromatic nitrogens is 3. The number of hydrogen-bond donors (Lipinski definition) is 4. The molecule has 10 nitrogen and oxygen atoms in total. The SMILES string of the molecule is N=NCCNc1ncnc(N(N)CCN=N)n1. The average Bonchev–Trinajstić information content (AvgIpc) is 2.36. The van der Waals surface area contributed by atoms with E-state index in [4.69, 9.17) is 16.9 Å². The van der Waals surface area contributed by atoms with Crippen LogP contribution in [0.3, 0.4) is 0 Å². The number of rotatable bonds is 8. The third-order valence-corrected chi connectivity index (χ3v) is 1.78. The summed E-state index contributed by atoms with van der Waals surface area (Å²) in [6, 6.07) is 0. The van der Waals surface area contributed by atoms with Crippen molar-refractivity contribution in [1.82, 2.24) is 15.0 Å². The first-order valence-electron chi connectivity index (χ1n) is 4.89. The van der Waals surface area contributed by atoms with Crippen LogP contribution in [0.15, 0.2) is 16.6 Å². The van der Waals surface area contributed by atoms with Gasteiger partial charge in [0.25, 0.3) is 0 Å². The maximum Gasteiger partial charge on any atom is 0.244 e. The van der Waals surface area contributed by atoms with E-state index in [1.54, 1.807) is 0 Å². The van der Waals surface area contributed by atoms with E-state index in [2.05, 4.69) is 30.5 Å². The van der Waals surface area contributed by atoms with Crippen molar-refractivity contribution in [3.05, 3.63) is 6.33 Å². The van der Waals surface area contributed by atoms with Gasteiger partial charge < -0.3 is 5.32 Å². The van der Waals surface area contributed by atoms with Crippen LogP contribution in [0.2, 0.25) is 0 Å². The van der Waals surface area contributed by atoms with Crippen molar-refractivity contribution >= 4 is 11.9 Å². The fraction of sp³-hybridized carbons (Fsp3) is 0.571. The molecule has 0 aliphatic rings. The van der Waals surface area contributed by atoms with Crippen LogP contribution in [0.4, 0.5) is 11.9 Å². The number of hydrogen-bond acceptors (Lipinski definition) is 10. The van der Waals surface area contributed by atoms with Crippen molar-refractivity contribution in [3.63, 3.8) is 0 Å². The minimum Gasteiger partial charge on any atom is -0.352 e. The van der Waals surface area contributed by atoms with Gasteiger partial charge in [-0.15, -0.1) is 0 Å². The zero-order valence-corrected chi connectivity index (χ0v) is 9.17. The summed E-state index contributed by atoms with van der Waals surface area (Å²) in [7, 11) is 0. The largest absolute Gasteiger partial charge is 0.352 e. The lowest BCUT2D eigenvalue weighted by Gasteiger charge is -2.14. The van der Waals surface area contributed by atoms with Crippen LogP contribution in [-0.2, 0) is 0 Å². The Labute approximate surface area is 97.6 Å². The molecule has 17 heavy (non-hydrogen) atoms. The Morgan fingerprint density at radius 1 is 1.29 bits per heavy atom. The van der Waals surface area contributed by atoms with Crippen molar-refractivity contribution in [2.75, 3.05) is 36.5 Å². The van der Waals surface area contributed by atoms with E-state index >= 15 is 0 Å². The summed E-state index contributed by atoms with van der Waals surface area (Å²) >= 11 is 0. The van der Waals surface area contributed by atoms with E-state index < -0.39 is 0 Å². The van der Waals surface area contributed by atoms with E-state index in [0.29, 0.717) is 31.5 Å². The van der Waals surface area contributed by atoms with E-state index in [1.165, 1.54) is 11.3 Å². The Balaban J connectivity index is 2.57. The van der Waals surface area contributed by atoms with Crippen LogP contribution in [-0.4, -0.2) is 41.1 Å². The predicted molar refractivity (Wildman–Crippen MR) is 59.9 cm³/mol. The molecule has 5 N–H and O–H groups in total. The smallest absolute Gasteiger partial charge is 0.244 e. The summed E-state index contributed by atoms with van der Waals surface area (Å²) in [6.45, 7) is 1.46. The highest BCUT2D eigenvalue weighted by Gasteiger charge is 2.05. The van der Waals surface area contributed by atoms with E-state index in [1.807, 2.05) is 0 Å². The molecule has 0 aliphatic heterocycles. The molecule has 0 spiro atoms. The molecule has 0 aliphatic carbocycles. The van der Waals surface area contributed by atoms with Crippen LogP contribution < -0.4 is 16.2 Å². The zero-order chi connectivity index (χ0) is 12.5. The monoisotopic (exact) mass is 238 g/mol. The van der Waals surface area contributed by atoms with Crippen molar-refractivity contribution in [2.24, 2.45) is 16.1 Å². The molecule has 1 aromatic heterocycles. The third kappa shape index (κ3) is 4.42. The van der Waals surface area contributed by atoms with Gasteiger partial charge in [-0.2, -0.15) is 20.2 Å². The fourth-order valence-corrected chi connectivity index (χ4v) is 0.993. The standard InChI is InChI=1S/C7H14N10/c8-14-2-1-11-6-12-5-13-7(16-6)17(10)4-3-15-9/h5,8-9H,1-4,10H2,(H,11,12,13,16). The maximum absolute atomic E-state index is 6.66. The molecule has 0 saturated heterocycles. The van der Waals surface area contributed by atoms with Gasteiger partial charge >= 0.3 is 0 Å². The number of nitrogens with one attached hydrogen (secondary N) is 3. The molecule has 0 saturated carbocycles. The molecular weight excluding hydrogens is 224 g/mol. The highest BCUT2D eigenvalue weighted by molar-refractivity contribution is 5.33. The maximum atomic E-state index is 6.66. The molecule has 10 heteroatoms. The van der Waals surface area contributed by atoms with Gasteiger partial charge in [0.15, 0.2) is 0 Å². The third-order valence-electron chi connectivity index (χ3n) is 1.78. The molecule has 1 aromatic rings. The highest BCUT2D eigenvalue weighted by atomic mass is 15.5. The minimum atomic E-state index is 0.280. The summed E-state index contributed by atoms with van der Waals surface area (Å²) in [5, 5.41) is 10.6. The molecule has 0 fully saturated rings. The normalized spacial score (nSPS) is 9.71. The Hall–Kier alpha value is -2.23. The molecule has 0 amide bonds. The molecule has 0 atom stereocenters. The van der Waals surface area contributed by atoms with Gasteiger partial charge in [-0.3, -0.25) is 5.01 Å². The lowest BCUT2D eigenvalue weighted by atomic mass is 10.6. The summed E-state index contributed by atoms with van der Waals surface area (Å²) < 4.78 is 0. The van der Waals surface area contributed by atoms with Gasteiger partial charge in [-0.05, 0) is 0 Å². The molecule has 92 valence electrons. The van der Waals surface area contributed by atoms with Crippen molar-refractivity contribution in [1.29, 1.82) is 11.1 Å². The molecular formula is C7H14N10. The molecule has 0 radical (unpaired) electrons. The van der Waals surface area contributed by atoms with Crippen LogP contribution in [0.25, 0.3) is 0 Å². The first kappa shape index (κ1) is 12.8. The lowest BCUT2D eigenvalue weighted by molar-refractivity contribution is 0.761. The van der Waals surface area contributed by atoms with Crippen LogP contribution >= 0.6 is 0 Å². The number of nitrogens with two attached hydrogens (primary N) is 1. The van der Waals surface area contributed by atoms with E-state index in [-0.39, 0.29) is 6.54 Å². The van der Waals surface area contributed by atoms with E-state index in [0.717, 1.165) is 0 Å². The van der Waals surface area contributed by atoms with Crippen molar-refractivity contribution < 1.29 is 0 Å². The van der Waals surface area contributed by atoms with Gasteiger partial charge in [-0.1, -0.05) is 0 Å². The van der Waals surface area contributed by atoms with Crippen LogP contribution in [0.5, 0.6) is 0 Å². The molecule has 0 aromatic carbocycles. The minimum absolute atomic E-state index is 0.280. The predicted octanol–water partition coefficient (Wildman–Crippen LogP) is 0.0255. The van der Waals surface area contributed by atoms with Crippen molar-refractivity contribution in [3.8, 4) is 0 Å². The molecule has 0 bridgehead atoms. The van der Waals surface area contributed by atoms with Crippen molar-refractivity contribution in [2.45, 2.75) is 0 Å². The number of anilines is 2. The van der Waals surface area contributed by atoms with E-state index in [9.17, 15) is 0 Å². The first-order valence-corrected chi connectivity index (χ1v) is 4.89. The fourth-order valence-electron chi connectivity index (χ4n) is 0.993. The Bertz CT molecular complexity index is 365. The summed E-state index contributed by atoms with van der Waals surface area (Å²) in [5.41, 5.74) is 13.3. The van der Waals surface area contributed by atoms with Gasteiger partial charge in [0.2, 0.25) is 11.9 Å². The average molecular weight is 238 g/mol. The Morgan fingerprint density at radius 2 is 2.06 bits per heavy atom. The van der Waals surface area contributed by atoms with Crippen LogP contribution in [0, 0.1) is 11.1 Å². The Kier molecular flexibility index (Phi) is 5.37. The van der Waals surface area contributed by atoms with Gasteiger partial charge in [-0.25, -0.2) is 21.9 Å². The zero-order valence-electron chi connectivity index (χ0n) is 9.17. The second kappa shape index (κ2) is 7.11. The molecule has 0 unspecified atom stereocenters. The summed E-state index contributed by atoms with van der Waals surface area (Å²) in [5.74, 6) is 6.34. The van der Waals surface area contributed by atoms with Gasteiger partial charge in [0.1, 0.15) is 6.33 Å². The van der Waals surface area contributed by atoms with Crippen LogP contribution in [0.1, 0.15) is 0 Å². The highest BCUT2D eigenvalue weighted by Crippen LogP contribution is 2.04. The molecule has 1 rings (SSSR count). The first-order chi connectivity index (χ1) is 8.27. The number of nitrogens with zero attached hydrogens (tertiary/aromatic N) is 6.